The largest absolute Gasteiger partial charge is 0.481 e. The van der Waals surface area contributed by atoms with Gasteiger partial charge in [-0.15, -0.1) is 0 Å². The number of aliphatic carboxylic acids is 1. The van der Waals surface area contributed by atoms with Crippen molar-refractivity contribution in [1.29, 1.82) is 0 Å². The predicted octanol–water partition coefficient (Wildman–Crippen LogP) is 7.05. The lowest BCUT2D eigenvalue weighted by atomic mass is 9.76. The Bertz CT molecular complexity index is 1620. The quantitative estimate of drug-likeness (QED) is 0.342. The van der Waals surface area contributed by atoms with Crippen LogP contribution in [0.25, 0.3) is 0 Å². The monoisotopic (exact) mass is 683 g/mol. The van der Waals surface area contributed by atoms with Crippen LogP contribution >= 0.6 is 11.6 Å². The Labute approximate surface area is 259 Å². The Hall–Kier alpha value is -2.87. The smallest absolute Gasteiger partial charge is 0.435 e. The van der Waals surface area contributed by atoms with E-state index in [0.717, 1.165) is 6.07 Å². The number of rotatable bonds is 5. The number of halogens is 8. The number of carboxylic acid groups (broad SMARTS) is 1. The first-order chi connectivity index (χ1) is 20.8. The predicted molar refractivity (Wildman–Crippen MR) is 148 cm³/mol. The van der Waals surface area contributed by atoms with Crippen molar-refractivity contribution in [3.8, 4) is 0 Å². The van der Waals surface area contributed by atoms with Gasteiger partial charge in [0.25, 0.3) is 0 Å². The summed E-state index contributed by atoms with van der Waals surface area (Å²) in [7, 11) is -4.53. The van der Waals surface area contributed by atoms with E-state index in [2.05, 4.69) is 0 Å². The van der Waals surface area contributed by atoms with Crippen LogP contribution in [0.3, 0.4) is 0 Å². The van der Waals surface area contributed by atoms with Gasteiger partial charge in [-0.1, -0.05) is 35.9 Å². The SMILES string of the molecule is Cc1ccc(S(=O)(=O)C23CCN(C(=O)C4CCC(C(=O)O)CC4)C2CCc2cc(C(F)(C(F)(F)F)C(F)(F)F)ccc23)cc1Cl. The van der Waals surface area contributed by atoms with Crippen LogP contribution in [0.2, 0.25) is 5.02 Å². The molecule has 0 spiro atoms. The first-order valence-electron chi connectivity index (χ1n) is 14.3. The first kappa shape index (κ1) is 33.5. The third-order valence-electron chi connectivity index (χ3n) is 9.71. The second-order valence-corrected chi connectivity index (χ2v) is 14.7. The third-order valence-corrected chi connectivity index (χ3v) is 12.6. The minimum Gasteiger partial charge on any atom is -0.481 e. The molecule has 1 saturated carbocycles. The molecule has 0 bridgehead atoms. The number of carboxylic acids is 1. The van der Waals surface area contributed by atoms with Gasteiger partial charge in [-0.25, -0.2) is 12.8 Å². The number of benzene rings is 2. The summed E-state index contributed by atoms with van der Waals surface area (Å²) in [4.78, 5) is 26.4. The molecule has 2 aromatic rings. The molecule has 15 heteroatoms. The molecule has 0 aromatic heterocycles. The van der Waals surface area contributed by atoms with Gasteiger partial charge in [-0.05, 0) is 80.7 Å². The lowest BCUT2D eigenvalue weighted by Crippen LogP contribution is -2.53. The fourth-order valence-electron chi connectivity index (χ4n) is 7.27. The number of likely N-dealkylation sites (tertiary alicyclic amines) is 1. The van der Waals surface area contributed by atoms with Crippen molar-refractivity contribution in [2.45, 2.75) is 85.6 Å². The molecule has 2 aromatic carbocycles. The fraction of sp³-hybridized carbons (Fsp3) is 0.533. The van der Waals surface area contributed by atoms with Gasteiger partial charge in [-0.2, -0.15) is 26.3 Å². The van der Waals surface area contributed by atoms with Crippen LogP contribution < -0.4 is 0 Å². The van der Waals surface area contributed by atoms with Crippen LogP contribution in [0.1, 0.15) is 60.8 Å². The van der Waals surface area contributed by atoms with Gasteiger partial charge in [-0.3, -0.25) is 9.59 Å². The van der Waals surface area contributed by atoms with E-state index in [1.54, 1.807) is 6.92 Å². The number of aryl methyl sites for hydroxylation is 2. The summed E-state index contributed by atoms with van der Waals surface area (Å²) < 4.78 is 124. The average Bonchev–Trinajstić information content (AvgIpc) is 3.38. The van der Waals surface area contributed by atoms with Crippen LogP contribution in [0.5, 0.6) is 0 Å². The fourth-order valence-corrected chi connectivity index (χ4v) is 9.90. The van der Waals surface area contributed by atoms with E-state index < -0.39 is 62.0 Å². The number of alkyl halides is 7. The van der Waals surface area contributed by atoms with Crippen LogP contribution in [0.4, 0.5) is 30.7 Å². The highest BCUT2D eigenvalue weighted by atomic mass is 35.5. The van der Waals surface area contributed by atoms with Gasteiger partial charge in [0.15, 0.2) is 9.84 Å². The molecular formula is C30H29ClF7NO5S. The van der Waals surface area contributed by atoms with E-state index in [9.17, 15) is 49.5 Å². The molecule has 2 unspecified atom stereocenters. The zero-order valence-electron chi connectivity index (χ0n) is 23.8. The molecule has 2 fully saturated rings. The van der Waals surface area contributed by atoms with E-state index >= 15 is 4.39 Å². The maximum atomic E-state index is 15.0. The molecule has 1 saturated heterocycles. The first-order valence-corrected chi connectivity index (χ1v) is 16.1. The minimum atomic E-state index is -6.35. The molecule has 1 amide bonds. The molecule has 6 nitrogen and oxygen atoms in total. The molecule has 1 heterocycles. The number of hydrogen-bond donors (Lipinski definition) is 1. The summed E-state index contributed by atoms with van der Waals surface area (Å²) >= 11 is 6.25. The molecular weight excluding hydrogens is 655 g/mol. The summed E-state index contributed by atoms with van der Waals surface area (Å²) in [5, 5.41) is 9.44. The molecule has 0 radical (unpaired) electrons. The van der Waals surface area contributed by atoms with Crippen molar-refractivity contribution in [3.05, 3.63) is 63.7 Å². The van der Waals surface area contributed by atoms with Gasteiger partial charge in [0.05, 0.1) is 16.9 Å². The molecule has 1 aliphatic heterocycles. The summed E-state index contributed by atoms with van der Waals surface area (Å²) in [6, 6.07) is 4.47. The zero-order valence-corrected chi connectivity index (χ0v) is 25.4. The number of hydrogen-bond acceptors (Lipinski definition) is 4. The van der Waals surface area contributed by atoms with E-state index in [0.29, 0.717) is 17.7 Å². The molecule has 2 atom stereocenters. The molecule has 246 valence electrons. The highest BCUT2D eigenvalue weighted by molar-refractivity contribution is 7.92. The Balaban J connectivity index is 1.64. The van der Waals surface area contributed by atoms with Crippen molar-refractivity contribution in [3.63, 3.8) is 0 Å². The molecule has 3 aliphatic rings. The maximum absolute atomic E-state index is 15.0. The van der Waals surface area contributed by atoms with Gasteiger partial charge in [0.2, 0.25) is 5.91 Å². The Morgan fingerprint density at radius 1 is 0.911 bits per heavy atom. The highest BCUT2D eigenvalue weighted by Gasteiger charge is 2.74. The van der Waals surface area contributed by atoms with Crippen molar-refractivity contribution in [1.82, 2.24) is 4.90 Å². The Morgan fingerprint density at radius 2 is 1.51 bits per heavy atom. The van der Waals surface area contributed by atoms with Gasteiger partial charge >= 0.3 is 24.0 Å². The van der Waals surface area contributed by atoms with Crippen LogP contribution in [-0.2, 0) is 36.3 Å². The minimum absolute atomic E-state index is 0.0828. The van der Waals surface area contributed by atoms with E-state index in [-0.39, 0.29) is 78.4 Å². The lowest BCUT2D eigenvalue weighted by molar-refractivity contribution is -0.348. The Morgan fingerprint density at radius 3 is 2.07 bits per heavy atom. The molecule has 5 rings (SSSR count). The van der Waals surface area contributed by atoms with Crippen LogP contribution in [0.15, 0.2) is 41.3 Å². The molecule has 2 aliphatic carbocycles. The van der Waals surface area contributed by atoms with Crippen molar-refractivity contribution in [2.24, 2.45) is 11.8 Å². The van der Waals surface area contributed by atoms with Crippen molar-refractivity contribution in [2.75, 3.05) is 6.54 Å². The van der Waals surface area contributed by atoms with E-state index in [1.165, 1.54) is 23.1 Å². The highest BCUT2D eigenvalue weighted by Crippen LogP contribution is 2.57. The summed E-state index contributed by atoms with van der Waals surface area (Å²) in [6.45, 7) is 1.55. The summed E-state index contributed by atoms with van der Waals surface area (Å²) in [5.74, 6) is -2.55. The standard InChI is InChI=1S/C30H29ClF7NO5S/c1-16-2-9-21(15-23(16)31)45(43,44)27-12-13-39(25(40)17-3-5-18(6-4-17)26(41)42)24(27)11-7-19-14-20(8-10-22(19)27)28(32,29(33,34)35)30(36,37)38/h2,8-10,14-15,17-18,24H,3-7,11-13H2,1H3,(H,41,42). The maximum Gasteiger partial charge on any atom is 0.435 e. The van der Waals surface area contributed by atoms with Gasteiger partial charge < -0.3 is 10.0 Å². The second-order valence-electron chi connectivity index (χ2n) is 12.1. The number of fused-ring (bicyclic) bond motifs is 3. The third kappa shape index (κ3) is 5.10. The van der Waals surface area contributed by atoms with Crippen LogP contribution in [-0.4, -0.2) is 55.2 Å². The average molecular weight is 684 g/mol. The van der Waals surface area contributed by atoms with E-state index in [4.69, 9.17) is 11.6 Å². The molecule has 1 N–H and O–H groups in total. The van der Waals surface area contributed by atoms with Crippen molar-refractivity contribution >= 4 is 33.3 Å². The summed E-state index contributed by atoms with van der Waals surface area (Å²) in [5.41, 5.74) is -7.16. The van der Waals surface area contributed by atoms with Gasteiger partial charge in [0.1, 0.15) is 4.75 Å². The van der Waals surface area contributed by atoms with Crippen molar-refractivity contribution < 1.29 is 53.8 Å². The number of nitrogens with zero attached hydrogens (tertiary/aromatic N) is 1. The topological polar surface area (TPSA) is 91.8 Å². The Kier molecular flexibility index (Phi) is 8.29. The lowest BCUT2D eigenvalue weighted by Gasteiger charge is -2.44. The number of carbonyl (C=O) groups is 2. The summed E-state index contributed by atoms with van der Waals surface area (Å²) in [6.07, 6.45) is -12.3. The zero-order chi connectivity index (χ0) is 33.3. The molecule has 45 heavy (non-hydrogen) atoms. The van der Waals surface area contributed by atoms with E-state index in [1.807, 2.05) is 0 Å². The van der Waals surface area contributed by atoms with Gasteiger partial charge in [0, 0.05) is 23.0 Å². The number of sulfone groups is 1. The second kappa shape index (κ2) is 11.1. The van der Waals surface area contributed by atoms with Crippen LogP contribution in [0, 0.1) is 18.8 Å². The number of amides is 1. The number of carbonyl (C=O) groups excluding carboxylic acids is 1. The normalized spacial score (nSPS) is 25.9.